The zero-order valence-corrected chi connectivity index (χ0v) is 14.3. The predicted octanol–water partition coefficient (Wildman–Crippen LogP) is 1.68. The van der Waals surface area contributed by atoms with Crippen LogP contribution in [-0.2, 0) is 4.74 Å². The first-order chi connectivity index (χ1) is 11.0. The Balaban J connectivity index is 2.10. The SMILES string of the molecule is COCC1(CNC(=O)c2cc(Cl)c(N)cc2OC)CCNCC1. The van der Waals surface area contributed by atoms with Gasteiger partial charge in [-0.3, -0.25) is 4.79 Å². The Morgan fingerprint density at radius 3 is 2.70 bits per heavy atom. The number of carbonyl (C=O) groups is 1. The van der Waals surface area contributed by atoms with Crippen LogP contribution in [0.15, 0.2) is 12.1 Å². The molecule has 0 unspecified atom stereocenters. The van der Waals surface area contributed by atoms with Crippen molar-refractivity contribution in [3.63, 3.8) is 0 Å². The molecule has 1 saturated heterocycles. The summed E-state index contributed by atoms with van der Waals surface area (Å²) in [5.41, 5.74) is 6.47. The van der Waals surface area contributed by atoms with Crippen molar-refractivity contribution in [2.75, 3.05) is 46.2 Å². The maximum atomic E-state index is 12.5. The highest BCUT2D eigenvalue weighted by Crippen LogP contribution is 2.30. The molecule has 1 aromatic rings. The van der Waals surface area contributed by atoms with Gasteiger partial charge in [-0.1, -0.05) is 11.6 Å². The maximum Gasteiger partial charge on any atom is 0.255 e. The molecule has 0 aliphatic carbocycles. The van der Waals surface area contributed by atoms with E-state index < -0.39 is 0 Å². The van der Waals surface area contributed by atoms with E-state index in [1.165, 1.54) is 13.2 Å². The van der Waals surface area contributed by atoms with Gasteiger partial charge in [0.15, 0.2) is 0 Å². The van der Waals surface area contributed by atoms with Crippen LogP contribution >= 0.6 is 11.6 Å². The summed E-state index contributed by atoms with van der Waals surface area (Å²) in [6, 6.07) is 3.10. The summed E-state index contributed by atoms with van der Waals surface area (Å²) in [6.07, 6.45) is 1.92. The first-order valence-electron chi connectivity index (χ1n) is 7.62. The highest BCUT2D eigenvalue weighted by molar-refractivity contribution is 6.33. The molecule has 0 bridgehead atoms. The van der Waals surface area contributed by atoms with Crippen LogP contribution in [0.2, 0.25) is 5.02 Å². The molecule has 23 heavy (non-hydrogen) atoms. The second-order valence-corrected chi connectivity index (χ2v) is 6.35. The Morgan fingerprint density at radius 2 is 2.09 bits per heavy atom. The quantitative estimate of drug-likeness (QED) is 0.685. The van der Waals surface area contributed by atoms with E-state index in [9.17, 15) is 4.79 Å². The van der Waals surface area contributed by atoms with Gasteiger partial charge in [-0.05, 0) is 32.0 Å². The number of methoxy groups -OCH3 is 2. The number of benzene rings is 1. The second-order valence-electron chi connectivity index (χ2n) is 5.94. The van der Waals surface area contributed by atoms with Gasteiger partial charge in [-0.15, -0.1) is 0 Å². The van der Waals surface area contributed by atoms with Crippen molar-refractivity contribution in [3.8, 4) is 5.75 Å². The fraction of sp³-hybridized carbons (Fsp3) is 0.562. The summed E-state index contributed by atoms with van der Waals surface area (Å²) in [4.78, 5) is 12.5. The number of rotatable bonds is 6. The summed E-state index contributed by atoms with van der Waals surface area (Å²) >= 11 is 6.02. The van der Waals surface area contributed by atoms with Gasteiger partial charge in [0.25, 0.3) is 5.91 Å². The second kappa shape index (κ2) is 7.86. The van der Waals surface area contributed by atoms with E-state index >= 15 is 0 Å². The van der Waals surface area contributed by atoms with Crippen LogP contribution in [0.5, 0.6) is 5.75 Å². The van der Waals surface area contributed by atoms with Crippen molar-refractivity contribution in [1.29, 1.82) is 0 Å². The van der Waals surface area contributed by atoms with E-state index in [0.29, 0.717) is 35.2 Å². The van der Waals surface area contributed by atoms with E-state index in [1.54, 1.807) is 13.2 Å². The molecule has 4 N–H and O–H groups in total. The largest absolute Gasteiger partial charge is 0.496 e. The van der Waals surface area contributed by atoms with E-state index in [4.69, 9.17) is 26.8 Å². The minimum absolute atomic E-state index is 0.0412. The Labute approximate surface area is 141 Å². The lowest BCUT2D eigenvalue weighted by atomic mass is 9.79. The molecule has 0 radical (unpaired) electrons. The number of anilines is 1. The molecule has 1 aliphatic rings. The van der Waals surface area contributed by atoms with Crippen molar-refractivity contribution >= 4 is 23.2 Å². The zero-order chi connectivity index (χ0) is 16.9. The number of hydrogen-bond donors (Lipinski definition) is 3. The molecule has 1 amide bonds. The van der Waals surface area contributed by atoms with E-state index in [-0.39, 0.29) is 11.3 Å². The molecule has 2 rings (SSSR count). The van der Waals surface area contributed by atoms with Gasteiger partial charge in [0.1, 0.15) is 5.75 Å². The maximum absolute atomic E-state index is 12.5. The fourth-order valence-corrected chi connectivity index (χ4v) is 3.08. The third kappa shape index (κ3) is 4.28. The molecule has 128 valence electrons. The summed E-state index contributed by atoms with van der Waals surface area (Å²) in [5, 5.41) is 6.66. The molecule has 0 spiro atoms. The van der Waals surface area contributed by atoms with Crippen molar-refractivity contribution in [2.45, 2.75) is 12.8 Å². The van der Waals surface area contributed by atoms with Crippen LogP contribution in [-0.4, -0.2) is 46.4 Å². The highest BCUT2D eigenvalue weighted by atomic mass is 35.5. The number of nitrogens with one attached hydrogen (secondary N) is 2. The van der Waals surface area contributed by atoms with Crippen LogP contribution < -0.4 is 21.1 Å². The standard InChI is InChI=1S/C16H24ClN3O3/c1-22-10-16(3-5-19-6-4-16)9-20-15(21)11-7-12(17)13(18)8-14(11)23-2/h7-8,19H,3-6,9-10,18H2,1-2H3,(H,20,21). The molecule has 1 fully saturated rings. The number of amides is 1. The molecule has 1 aliphatic heterocycles. The number of nitrogens with two attached hydrogens (primary N) is 1. The minimum atomic E-state index is -0.224. The first kappa shape index (κ1) is 17.8. The summed E-state index contributed by atoms with van der Waals surface area (Å²) in [6.45, 7) is 3.02. The van der Waals surface area contributed by atoms with Gasteiger partial charge < -0.3 is 25.8 Å². The number of ether oxygens (including phenoxy) is 2. The smallest absolute Gasteiger partial charge is 0.255 e. The Kier molecular flexibility index (Phi) is 6.10. The van der Waals surface area contributed by atoms with Crippen LogP contribution in [0.1, 0.15) is 23.2 Å². The van der Waals surface area contributed by atoms with Gasteiger partial charge in [0.2, 0.25) is 0 Å². The number of carbonyl (C=O) groups excluding carboxylic acids is 1. The molecule has 0 aromatic heterocycles. The lowest BCUT2D eigenvalue weighted by Gasteiger charge is -2.37. The molecule has 1 aromatic carbocycles. The molecule has 6 nitrogen and oxygen atoms in total. The third-order valence-electron chi connectivity index (χ3n) is 4.30. The molecule has 0 saturated carbocycles. The Hall–Kier alpha value is -1.50. The summed E-state index contributed by atoms with van der Waals surface area (Å²) < 4.78 is 10.6. The Bertz CT molecular complexity index is 554. The number of halogens is 1. The lowest BCUT2D eigenvalue weighted by Crippen LogP contribution is -2.47. The van der Waals surface area contributed by atoms with Crippen LogP contribution in [0.3, 0.4) is 0 Å². The van der Waals surface area contributed by atoms with Crippen molar-refractivity contribution < 1.29 is 14.3 Å². The number of nitrogen functional groups attached to an aromatic ring is 1. The first-order valence-corrected chi connectivity index (χ1v) is 8.00. The van der Waals surface area contributed by atoms with Gasteiger partial charge in [0.05, 0.1) is 30.0 Å². The van der Waals surface area contributed by atoms with Gasteiger partial charge in [0, 0.05) is 25.1 Å². The van der Waals surface area contributed by atoms with E-state index in [2.05, 4.69) is 10.6 Å². The number of hydrogen-bond acceptors (Lipinski definition) is 5. The van der Waals surface area contributed by atoms with Crippen molar-refractivity contribution in [2.24, 2.45) is 5.41 Å². The molecular formula is C16H24ClN3O3. The van der Waals surface area contributed by atoms with Gasteiger partial charge in [-0.25, -0.2) is 0 Å². The minimum Gasteiger partial charge on any atom is -0.496 e. The topological polar surface area (TPSA) is 85.6 Å². The average Bonchev–Trinajstić information content (AvgIpc) is 2.56. The lowest BCUT2D eigenvalue weighted by molar-refractivity contribution is 0.0511. The molecule has 7 heteroatoms. The monoisotopic (exact) mass is 341 g/mol. The highest BCUT2D eigenvalue weighted by Gasteiger charge is 2.32. The predicted molar refractivity (Wildman–Crippen MR) is 91.2 cm³/mol. The van der Waals surface area contributed by atoms with Crippen LogP contribution in [0, 0.1) is 5.41 Å². The van der Waals surface area contributed by atoms with Crippen LogP contribution in [0.4, 0.5) is 5.69 Å². The molecular weight excluding hydrogens is 318 g/mol. The van der Waals surface area contributed by atoms with Gasteiger partial charge >= 0.3 is 0 Å². The third-order valence-corrected chi connectivity index (χ3v) is 4.63. The molecule has 1 heterocycles. The zero-order valence-electron chi connectivity index (χ0n) is 13.6. The van der Waals surface area contributed by atoms with E-state index in [0.717, 1.165) is 25.9 Å². The van der Waals surface area contributed by atoms with E-state index in [1.807, 2.05) is 0 Å². The van der Waals surface area contributed by atoms with Crippen molar-refractivity contribution in [1.82, 2.24) is 10.6 Å². The Morgan fingerprint density at radius 1 is 1.39 bits per heavy atom. The average molecular weight is 342 g/mol. The van der Waals surface area contributed by atoms with Crippen LogP contribution in [0.25, 0.3) is 0 Å². The van der Waals surface area contributed by atoms with Gasteiger partial charge in [-0.2, -0.15) is 0 Å². The van der Waals surface area contributed by atoms with Crippen molar-refractivity contribution in [3.05, 3.63) is 22.7 Å². The summed E-state index contributed by atoms with van der Waals surface area (Å²) in [7, 11) is 3.19. The summed E-state index contributed by atoms with van der Waals surface area (Å²) in [5.74, 6) is 0.188. The normalized spacial score (nSPS) is 16.8. The number of piperidine rings is 1. The fourth-order valence-electron chi connectivity index (χ4n) is 2.91. The molecule has 0 atom stereocenters.